The minimum absolute atomic E-state index is 0.00606. The van der Waals surface area contributed by atoms with Crippen LogP contribution in [0.1, 0.15) is 30.4 Å². The molecule has 0 bridgehead atoms. The van der Waals surface area contributed by atoms with Gasteiger partial charge in [-0.15, -0.1) is 0 Å². The van der Waals surface area contributed by atoms with Crippen molar-refractivity contribution in [2.24, 2.45) is 0 Å². The molecule has 2 fully saturated rings. The van der Waals surface area contributed by atoms with Crippen LogP contribution in [0.4, 0.5) is 0 Å². The van der Waals surface area contributed by atoms with Gasteiger partial charge < -0.3 is 14.7 Å². The fourth-order valence-corrected chi connectivity index (χ4v) is 3.63. The summed E-state index contributed by atoms with van der Waals surface area (Å²) in [4.78, 5) is 42.1. The first kappa shape index (κ1) is 18.4. The number of amides is 3. The molecule has 0 unspecified atom stereocenters. The molecule has 2 saturated heterocycles. The molecule has 2 aliphatic rings. The molecule has 0 N–H and O–H groups in total. The zero-order valence-electron chi connectivity index (χ0n) is 15.4. The lowest BCUT2D eigenvalue weighted by Crippen LogP contribution is -2.43. The predicted octanol–water partition coefficient (Wildman–Crippen LogP) is 1.22. The van der Waals surface area contributed by atoms with Crippen molar-refractivity contribution in [2.45, 2.75) is 32.6 Å². The van der Waals surface area contributed by atoms with Crippen LogP contribution in [0.15, 0.2) is 24.3 Å². The summed E-state index contributed by atoms with van der Waals surface area (Å²) in [6.07, 6.45) is 2.57. The van der Waals surface area contributed by atoms with E-state index < -0.39 is 0 Å². The molecule has 3 rings (SSSR count). The summed E-state index contributed by atoms with van der Waals surface area (Å²) < 4.78 is 0. The van der Waals surface area contributed by atoms with E-state index in [1.807, 2.05) is 36.1 Å². The summed E-state index contributed by atoms with van der Waals surface area (Å²) in [7, 11) is 0. The van der Waals surface area contributed by atoms with Gasteiger partial charge in [0, 0.05) is 39.1 Å². The zero-order valence-corrected chi connectivity index (χ0v) is 15.4. The average Bonchev–Trinajstić information content (AvgIpc) is 2.87. The lowest BCUT2D eigenvalue weighted by molar-refractivity contribution is -0.138. The van der Waals surface area contributed by atoms with Crippen LogP contribution in [0.2, 0.25) is 0 Å². The van der Waals surface area contributed by atoms with Gasteiger partial charge >= 0.3 is 0 Å². The quantitative estimate of drug-likeness (QED) is 0.814. The van der Waals surface area contributed by atoms with Gasteiger partial charge in [0.15, 0.2) is 0 Å². The number of likely N-dealkylation sites (tertiary alicyclic amines) is 1. The molecule has 0 radical (unpaired) electrons. The molecule has 6 nitrogen and oxygen atoms in total. The maximum Gasteiger partial charge on any atom is 0.242 e. The number of hydrogen-bond acceptors (Lipinski definition) is 3. The predicted molar refractivity (Wildman–Crippen MR) is 98.5 cm³/mol. The maximum atomic E-state index is 12.6. The van der Waals surface area contributed by atoms with Crippen molar-refractivity contribution in [1.29, 1.82) is 0 Å². The van der Waals surface area contributed by atoms with Gasteiger partial charge in [-0.25, -0.2) is 0 Å². The summed E-state index contributed by atoms with van der Waals surface area (Å²) in [6.45, 7) is 5.30. The number of hydrogen-bond donors (Lipinski definition) is 0. The Morgan fingerprint density at radius 3 is 2.27 bits per heavy atom. The van der Waals surface area contributed by atoms with Crippen molar-refractivity contribution in [1.82, 2.24) is 14.7 Å². The monoisotopic (exact) mass is 357 g/mol. The van der Waals surface area contributed by atoms with Crippen LogP contribution in [0.3, 0.4) is 0 Å². The van der Waals surface area contributed by atoms with Crippen LogP contribution < -0.4 is 0 Å². The highest BCUT2D eigenvalue weighted by molar-refractivity contribution is 5.86. The van der Waals surface area contributed by atoms with Crippen LogP contribution in [-0.2, 0) is 20.8 Å². The van der Waals surface area contributed by atoms with Gasteiger partial charge in [0.2, 0.25) is 17.7 Å². The SMILES string of the molecule is Cc1ccccc1CC(=O)N1CCCN(C(=O)CN2CCCC2=O)CC1. The van der Waals surface area contributed by atoms with E-state index in [1.54, 1.807) is 9.80 Å². The first-order chi connectivity index (χ1) is 12.5. The van der Waals surface area contributed by atoms with Gasteiger partial charge in [0.1, 0.15) is 0 Å². The van der Waals surface area contributed by atoms with Crippen LogP contribution in [0.5, 0.6) is 0 Å². The number of carbonyl (C=O) groups is 3. The normalized spacial score (nSPS) is 18.2. The van der Waals surface area contributed by atoms with Crippen LogP contribution in [0, 0.1) is 6.92 Å². The Morgan fingerprint density at radius 1 is 0.923 bits per heavy atom. The third-order valence-corrected chi connectivity index (χ3v) is 5.30. The van der Waals surface area contributed by atoms with Gasteiger partial charge in [-0.05, 0) is 30.9 Å². The van der Waals surface area contributed by atoms with E-state index in [2.05, 4.69) is 0 Å². The van der Waals surface area contributed by atoms with Gasteiger partial charge in [0.25, 0.3) is 0 Å². The Hall–Kier alpha value is -2.37. The molecule has 2 heterocycles. The second-order valence-electron chi connectivity index (χ2n) is 7.14. The van der Waals surface area contributed by atoms with Crippen molar-refractivity contribution in [2.75, 3.05) is 39.3 Å². The molecule has 6 heteroatoms. The molecule has 0 atom stereocenters. The van der Waals surface area contributed by atoms with Crippen LogP contribution >= 0.6 is 0 Å². The Balaban J connectivity index is 1.52. The number of aryl methyl sites for hydroxylation is 1. The average molecular weight is 357 g/mol. The fourth-order valence-electron chi connectivity index (χ4n) is 3.63. The molecule has 0 saturated carbocycles. The van der Waals surface area contributed by atoms with Gasteiger partial charge in [-0.1, -0.05) is 24.3 Å². The lowest BCUT2D eigenvalue weighted by atomic mass is 10.1. The highest BCUT2D eigenvalue weighted by Gasteiger charge is 2.27. The third-order valence-electron chi connectivity index (χ3n) is 5.30. The highest BCUT2D eigenvalue weighted by atomic mass is 16.2. The standard InChI is InChI=1S/C20H27N3O3/c1-16-6-2-3-7-17(16)14-19(25)21-10-5-11-22(13-12-21)20(26)15-23-9-4-8-18(23)24/h2-3,6-7H,4-5,8-15H2,1H3. The first-order valence-corrected chi connectivity index (χ1v) is 9.42. The molecule has 0 aliphatic carbocycles. The molecule has 0 spiro atoms. The zero-order chi connectivity index (χ0) is 18.5. The summed E-state index contributed by atoms with van der Waals surface area (Å²) in [5.41, 5.74) is 2.19. The maximum absolute atomic E-state index is 12.6. The third kappa shape index (κ3) is 4.42. The van der Waals surface area contributed by atoms with E-state index in [0.29, 0.717) is 45.6 Å². The topological polar surface area (TPSA) is 60.9 Å². The van der Waals surface area contributed by atoms with Crippen molar-refractivity contribution in [3.05, 3.63) is 35.4 Å². The molecule has 2 aliphatic heterocycles. The summed E-state index contributed by atoms with van der Waals surface area (Å²) >= 11 is 0. The fraction of sp³-hybridized carbons (Fsp3) is 0.550. The molecular formula is C20H27N3O3. The van der Waals surface area contributed by atoms with Crippen LogP contribution in [-0.4, -0.2) is 71.7 Å². The Morgan fingerprint density at radius 2 is 1.62 bits per heavy atom. The van der Waals surface area contributed by atoms with Crippen molar-refractivity contribution >= 4 is 17.7 Å². The number of rotatable bonds is 4. The second kappa shape index (κ2) is 8.34. The van der Waals surface area contributed by atoms with Crippen molar-refractivity contribution < 1.29 is 14.4 Å². The van der Waals surface area contributed by atoms with E-state index in [4.69, 9.17) is 0 Å². The van der Waals surface area contributed by atoms with E-state index in [9.17, 15) is 14.4 Å². The number of benzene rings is 1. The van der Waals surface area contributed by atoms with Crippen molar-refractivity contribution in [3.8, 4) is 0 Å². The summed E-state index contributed by atoms with van der Waals surface area (Å²) in [5, 5.41) is 0. The lowest BCUT2D eigenvalue weighted by Gasteiger charge is -2.24. The summed E-state index contributed by atoms with van der Waals surface area (Å²) in [6, 6.07) is 7.95. The van der Waals surface area contributed by atoms with Gasteiger partial charge in [-0.2, -0.15) is 0 Å². The summed E-state index contributed by atoms with van der Waals surface area (Å²) in [5.74, 6) is 0.181. The molecular weight excluding hydrogens is 330 g/mol. The first-order valence-electron chi connectivity index (χ1n) is 9.42. The largest absolute Gasteiger partial charge is 0.341 e. The Kier molecular flexibility index (Phi) is 5.91. The number of carbonyl (C=O) groups excluding carboxylic acids is 3. The Bertz CT molecular complexity index is 689. The highest BCUT2D eigenvalue weighted by Crippen LogP contribution is 2.13. The minimum atomic E-state index is -0.00606. The van der Waals surface area contributed by atoms with Gasteiger partial charge in [-0.3, -0.25) is 14.4 Å². The van der Waals surface area contributed by atoms with E-state index in [0.717, 1.165) is 24.0 Å². The molecule has 140 valence electrons. The Labute approximate surface area is 154 Å². The minimum Gasteiger partial charge on any atom is -0.341 e. The molecule has 3 amide bonds. The smallest absolute Gasteiger partial charge is 0.242 e. The molecule has 1 aromatic rings. The van der Waals surface area contributed by atoms with Gasteiger partial charge in [0.05, 0.1) is 13.0 Å². The van der Waals surface area contributed by atoms with Crippen molar-refractivity contribution in [3.63, 3.8) is 0 Å². The number of nitrogens with zero attached hydrogens (tertiary/aromatic N) is 3. The van der Waals surface area contributed by atoms with E-state index >= 15 is 0 Å². The van der Waals surface area contributed by atoms with Crippen LogP contribution in [0.25, 0.3) is 0 Å². The molecule has 0 aromatic heterocycles. The van der Waals surface area contributed by atoms with E-state index in [-0.39, 0.29) is 24.3 Å². The van der Waals surface area contributed by atoms with E-state index in [1.165, 1.54) is 0 Å². The molecule has 26 heavy (non-hydrogen) atoms. The molecule has 1 aromatic carbocycles. The second-order valence-corrected chi connectivity index (χ2v) is 7.14.